The number of esters is 1. The van der Waals surface area contributed by atoms with E-state index in [0.717, 1.165) is 42.9 Å². The number of rotatable bonds is 18. The number of unbranched alkanes of at least 4 members (excludes halogenated alkanes) is 13. The zero-order valence-electron chi connectivity index (χ0n) is 28.0. The van der Waals surface area contributed by atoms with Crippen LogP contribution in [0, 0.1) is 34.5 Å². The zero-order valence-corrected chi connectivity index (χ0v) is 28.0. The summed E-state index contributed by atoms with van der Waals surface area (Å²) in [6.07, 6.45) is 35.5. The summed E-state index contributed by atoms with van der Waals surface area (Å²) in [4.78, 5) is 12.7. The van der Waals surface area contributed by atoms with Crippen LogP contribution >= 0.6 is 0 Å². The highest BCUT2D eigenvalue weighted by molar-refractivity contribution is 5.69. The molecule has 0 radical (unpaired) electrons. The summed E-state index contributed by atoms with van der Waals surface area (Å²) in [6.45, 7) is 9.90. The van der Waals surface area contributed by atoms with E-state index in [2.05, 4.69) is 33.8 Å². The molecule has 0 unspecified atom stereocenters. The third-order valence-corrected chi connectivity index (χ3v) is 12.9. The van der Waals surface area contributed by atoms with Gasteiger partial charge in [0.1, 0.15) is 6.10 Å². The Kier molecular flexibility index (Phi) is 13.2. The second kappa shape index (κ2) is 16.3. The van der Waals surface area contributed by atoms with Crippen LogP contribution in [0.2, 0.25) is 0 Å². The molecule has 7 atom stereocenters. The van der Waals surface area contributed by atoms with E-state index in [1.165, 1.54) is 135 Å². The maximum atomic E-state index is 12.7. The summed E-state index contributed by atoms with van der Waals surface area (Å²) in [5, 5.41) is 0. The summed E-state index contributed by atoms with van der Waals surface area (Å²) in [6, 6.07) is 0. The number of ether oxygens (including phenoxy) is 1. The van der Waals surface area contributed by atoms with Gasteiger partial charge in [-0.25, -0.2) is 0 Å². The van der Waals surface area contributed by atoms with Crippen LogP contribution in [0.3, 0.4) is 0 Å². The van der Waals surface area contributed by atoms with Crippen LogP contribution in [0.4, 0.5) is 0 Å². The van der Waals surface area contributed by atoms with Gasteiger partial charge in [0.2, 0.25) is 0 Å². The van der Waals surface area contributed by atoms with Crippen LogP contribution in [0.15, 0.2) is 11.6 Å². The van der Waals surface area contributed by atoms with Gasteiger partial charge in [-0.05, 0) is 92.3 Å². The van der Waals surface area contributed by atoms with Crippen molar-refractivity contribution in [2.24, 2.45) is 34.5 Å². The molecule has 2 nitrogen and oxygen atoms in total. The standard InChI is InChI=1S/C39H68O2/c1-5-7-9-11-13-14-15-17-19-21-37(40)41-33-26-28-39(4)32(30-33)22-24-34-35-25-23-31(20-18-16-12-10-8-6-2)38(35,3)29-27-36(34)39/h22,31,33-36H,5-21,23-30H2,1-4H3/t31-,33-,34-,35-,36-,38+,39-/m0/s1. The molecule has 3 saturated carbocycles. The average molecular weight is 569 g/mol. The molecule has 0 aromatic rings. The lowest BCUT2D eigenvalue weighted by atomic mass is 9.47. The Morgan fingerprint density at radius 3 is 2.07 bits per heavy atom. The number of carbonyl (C=O) groups excluding carboxylic acids is 1. The van der Waals surface area contributed by atoms with Gasteiger partial charge in [0.25, 0.3) is 0 Å². The fourth-order valence-corrected chi connectivity index (χ4v) is 10.3. The molecule has 3 fully saturated rings. The molecule has 0 heterocycles. The molecule has 0 N–H and O–H groups in total. The Bertz CT molecular complexity index is 814. The van der Waals surface area contributed by atoms with Crippen LogP contribution in [-0.2, 0) is 9.53 Å². The van der Waals surface area contributed by atoms with Gasteiger partial charge in [-0.15, -0.1) is 0 Å². The van der Waals surface area contributed by atoms with Crippen molar-refractivity contribution in [2.45, 2.75) is 194 Å². The van der Waals surface area contributed by atoms with Crippen LogP contribution in [0.25, 0.3) is 0 Å². The van der Waals surface area contributed by atoms with Gasteiger partial charge >= 0.3 is 5.97 Å². The highest BCUT2D eigenvalue weighted by Crippen LogP contribution is 2.66. The number of allylic oxidation sites excluding steroid dienone is 1. The summed E-state index contributed by atoms with van der Waals surface area (Å²) in [5.41, 5.74) is 2.59. The number of fused-ring (bicyclic) bond motifs is 5. The Balaban J connectivity index is 1.20. The maximum Gasteiger partial charge on any atom is 0.306 e. The van der Waals surface area contributed by atoms with E-state index in [-0.39, 0.29) is 12.1 Å². The first-order chi connectivity index (χ1) is 19.9. The average Bonchev–Trinajstić information content (AvgIpc) is 3.30. The van der Waals surface area contributed by atoms with Crippen LogP contribution < -0.4 is 0 Å². The summed E-state index contributed by atoms with van der Waals surface area (Å²) < 4.78 is 6.08. The van der Waals surface area contributed by atoms with E-state index in [4.69, 9.17) is 4.74 Å². The van der Waals surface area contributed by atoms with Crippen molar-refractivity contribution in [1.82, 2.24) is 0 Å². The first kappa shape index (κ1) is 33.1. The predicted octanol–water partition coefficient (Wildman–Crippen LogP) is 12.1. The number of hydrogen-bond acceptors (Lipinski definition) is 2. The van der Waals surface area contributed by atoms with Gasteiger partial charge in [0.15, 0.2) is 0 Å². The third kappa shape index (κ3) is 8.44. The number of carbonyl (C=O) groups is 1. The van der Waals surface area contributed by atoms with Crippen LogP contribution in [0.1, 0.15) is 188 Å². The van der Waals surface area contributed by atoms with Gasteiger partial charge in [-0.1, -0.05) is 129 Å². The molecule has 4 rings (SSSR count). The van der Waals surface area contributed by atoms with E-state index in [1.807, 2.05) is 0 Å². The van der Waals surface area contributed by atoms with Gasteiger partial charge < -0.3 is 4.74 Å². The SMILES string of the molecule is CCCCCCCCCCCC(=O)O[C@H]1CC[C@@]2(C)C(=CC[C@H]3[C@@H]4CC[C@H](CCCCCCCC)[C@@]4(C)CC[C@@H]32)C1. The molecule has 0 amide bonds. The van der Waals surface area contributed by atoms with Gasteiger partial charge in [-0.2, -0.15) is 0 Å². The lowest BCUT2D eigenvalue weighted by Crippen LogP contribution is -2.50. The van der Waals surface area contributed by atoms with Crippen molar-refractivity contribution in [2.75, 3.05) is 0 Å². The topological polar surface area (TPSA) is 26.3 Å². The zero-order chi connectivity index (χ0) is 29.1. The van der Waals surface area contributed by atoms with Gasteiger partial charge in [-0.3, -0.25) is 4.79 Å². The van der Waals surface area contributed by atoms with E-state index in [0.29, 0.717) is 17.3 Å². The fraction of sp³-hybridized carbons (Fsp3) is 0.923. The van der Waals surface area contributed by atoms with Crippen LogP contribution in [-0.4, -0.2) is 12.1 Å². The summed E-state index contributed by atoms with van der Waals surface area (Å²) in [5.74, 6) is 3.72. The molecule has 0 aliphatic heterocycles. The molecule has 0 aromatic carbocycles. The maximum absolute atomic E-state index is 12.7. The third-order valence-electron chi connectivity index (χ3n) is 12.9. The van der Waals surface area contributed by atoms with Gasteiger partial charge in [0, 0.05) is 12.8 Å². The molecular weight excluding hydrogens is 500 g/mol. The molecule has 0 spiro atoms. The molecular formula is C39H68O2. The van der Waals surface area contributed by atoms with Crippen molar-refractivity contribution < 1.29 is 9.53 Å². The normalized spacial score (nSPS) is 34.4. The van der Waals surface area contributed by atoms with E-state index in [9.17, 15) is 4.79 Å². The fourth-order valence-electron chi connectivity index (χ4n) is 10.3. The Labute approximate surface area is 255 Å². The van der Waals surface area contributed by atoms with E-state index >= 15 is 0 Å². The highest BCUT2D eigenvalue weighted by Gasteiger charge is 2.58. The van der Waals surface area contributed by atoms with Crippen molar-refractivity contribution in [1.29, 1.82) is 0 Å². The minimum absolute atomic E-state index is 0.0617. The largest absolute Gasteiger partial charge is 0.462 e. The summed E-state index contributed by atoms with van der Waals surface area (Å²) >= 11 is 0. The molecule has 0 saturated heterocycles. The monoisotopic (exact) mass is 569 g/mol. The molecule has 41 heavy (non-hydrogen) atoms. The van der Waals surface area contributed by atoms with Crippen molar-refractivity contribution in [3.8, 4) is 0 Å². The smallest absolute Gasteiger partial charge is 0.306 e. The Hall–Kier alpha value is -0.790. The first-order valence-electron chi connectivity index (χ1n) is 18.8. The summed E-state index contributed by atoms with van der Waals surface area (Å²) in [7, 11) is 0. The Morgan fingerprint density at radius 1 is 0.756 bits per heavy atom. The first-order valence-corrected chi connectivity index (χ1v) is 18.8. The number of hydrogen-bond donors (Lipinski definition) is 0. The minimum atomic E-state index is 0.0617. The quantitative estimate of drug-likeness (QED) is 0.0933. The molecule has 0 aromatic heterocycles. The molecule has 236 valence electrons. The van der Waals surface area contributed by atoms with Crippen LogP contribution in [0.5, 0.6) is 0 Å². The van der Waals surface area contributed by atoms with Crippen molar-refractivity contribution in [3.63, 3.8) is 0 Å². The second-order valence-electron chi connectivity index (χ2n) is 15.6. The highest BCUT2D eigenvalue weighted by atomic mass is 16.5. The minimum Gasteiger partial charge on any atom is -0.462 e. The lowest BCUT2D eigenvalue weighted by Gasteiger charge is -2.58. The van der Waals surface area contributed by atoms with Crippen molar-refractivity contribution in [3.05, 3.63) is 11.6 Å². The van der Waals surface area contributed by atoms with Crippen molar-refractivity contribution >= 4 is 5.97 Å². The predicted molar refractivity (Wildman–Crippen MR) is 175 cm³/mol. The molecule has 2 heteroatoms. The van der Waals surface area contributed by atoms with E-state index < -0.39 is 0 Å². The van der Waals surface area contributed by atoms with Gasteiger partial charge in [0.05, 0.1) is 0 Å². The van der Waals surface area contributed by atoms with E-state index in [1.54, 1.807) is 5.57 Å². The lowest BCUT2D eigenvalue weighted by molar-refractivity contribution is -0.151. The Morgan fingerprint density at radius 2 is 1.39 bits per heavy atom. The second-order valence-corrected chi connectivity index (χ2v) is 15.6. The molecule has 4 aliphatic rings. The molecule has 4 aliphatic carbocycles. The molecule has 0 bridgehead atoms.